The number of esters is 1. The van der Waals surface area contributed by atoms with Crippen LogP contribution >= 0.6 is 0 Å². The van der Waals surface area contributed by atoms with Gasteiger partial charge in [-0.1, -0.05) is 0 Å². The van der Waals surface area contributed by atoms with Crippen molar-refractivity contribution in [1.82, 2.24) is 0 Å². The Bertz CT molecular complexity index is 680. The number of hydrogen-bond acceptors (Lipinski definition) is 16. The van der Waals surface area contributed by atoms with Gasteiger partial charge in [-0.3, -0.25) is 0 Å². The highest BCUT2D eigenvalue weighted by atomic mass is 16.8. The fourth-order valence-electron chi connectivity index (χ4n) is 3.83. The summed E-state index contributed by atoms with van der Waals surface area (Å²) in [5, 5.41) is 90.6. The molecule has 14 atom stereocenters. The van der Waals surface area contributed by atoms with Crippen LogP contribution in [0.4, 0.5) is 0 Å². The topological polar surface area (TPSA) is 255 Å². The van der Waals surface area contributed by atoms with E-state index in [1.54, 1.807) is 0 Å². The van der Waals surface area contributed by atoms with Crippen LogP contribution < -0.4 is 0 Å². The fourth-order valence-corrected chi connectivity index (χ4v) is 3.83. The summed E-state index contributed by atoms with van der Waals surface area (Å²) < 4.78 is 30.8. The van der Waals surface area contributed by atoms with Crippen molar-refractivity contribution < 1.29 is 79.2 Å². The van der Waals surface area contributed by atoms with Gasteiger partial charge in [-0.15, -0.1) is 0 Å². The van der Waals surface area contributed by atoms with E-state index in [-0.39, 0.29) is 0 Å². The van der Waals surface area contributed by atoms with E-state index in [0.29, 0.717) is 0 Å². The monoisotopic (exact) mass is 502 g/mol. The molecule has 198 valence electrons. The molecule has 0 bridgehead atoms. The summed E-state index contributed by atoms with van der Waals surface area (Å²) in [6.07, 6.45) is -24.4. The van der Waals surface area contributed by atoms with E-state index in [2.05, 4.69) is 4.74 Å². The Balaban J connectivity index is 1.79. The number of aliphatic hydroxyl groups is 9. The first kappa shape index (κ1) is 27.5. The summed E-state index contributed by atoms with van der Waals surface area (Å²) >= 11 is 0. The first-order valence-corrected chi connectivity index (χ1v) is 10.4. The van der Waals surface area contributed by atoms with Gasteiger partial charge < -0.3 is 74.4 Å². The predicted octanol–water partition coefficient (Wildman–Crippen LogP) is -6.75. The molecule has 0 spiro atoms. The van der Waals surface area contributed by atoms with Gasteiger partial charge >= 0.3 is 5.97 Å². The Morgan fingerprint density at radius 3 is 2.03 bits per heavy atom. The molecule has 0 aromatic rings. The van der Waals surface area contributed by atoms with E-state index >= 15 is 0 Å². The molecule has 0 radical (unpaired) electrons. The van der Waals surface area contributed by atoms with Gasteiger partial charge in [0, 0.05) is 0 Å². The molecule has 3 heterocycles. The standard InChI is InChI=1S/C18H30O16/c1-29-15(27)12-9(24)10(25)13(16(28)32-12)33-18-14(8(23)7(22)5(2-19)31-18)34-17-11(26)6(21)4(20)3-30-17/h4-14,16-26,28H,2-3H2,1H3/t4-,5-,6+,7+,8+,9+,10+,11-,12+,13-,14-,16?,17+,18+/m1/s1. The fraction of sp³-hybridized carbons (Fsp3) is 0.944. The first-order chi connectivity index (χ1) is 16.0. The maximum atomic E-state index is 11.7. The number of rotatable bonds is 6. The third-order valence-electron chi connectivity index (χ3n) is 5.86. The number of carbonyl (C=O) groups excluding carboxylic acids is 1. The van der Waals surface area contributed by atoms with Gasteiger partial charge in [0.2, 0.25) is 0 Å². The first-order valence-electron chi connectivity index (χ1n) is 10.4. The zero-order valence-corrected chi connectivity index (χ0v) is 17.9. The van der Waals surface area contributed by atoms with Gasteiger partial charge in [0.25, 0.3) is 0 Å². The van der Waals surface area contributed by atoms with E-state index < -0.39 is 105 Å². The molecule has 3 saturated heterocycles. The molecule has 3 fully saturated rings. The van der Waals surface area contributed by atoms with Gasteiger partial charge in [0.15, 0.2) is 25.0 Å². The molecule has 3 aliphatic rings. The van der Waals surface area contributed by atoms with Crippen molar-refractivity contribution in [2.24, 2.45) is 0 Å². The van der Waals surface area contributed by atoms with Gasteiger partial charge in [0.05, 0.1) is 20.3 Å². The second-order valence-electron chi connectivity index (χ2n) is 8.11. The van der Waals surface area contributed by atoms with Crippen molar-refractivity contribution in [3.05, 3.63) is 0 Å². The van der Waals surface area contributed by atoms with E-state index in [4.69, 9.17) is 23.7 Å². The normalized spacial score (nSPS) is 50.1. The Hall–Kier alpha value is -1.09. The number of carbonyl (C=O) groups is 1. The summed E-state index contributed by atoms with van der Waals surface area (Å²) in [6.45, 7) is -1.24. The van der Waals surface area contributed by atoms with Crippen LogP contribution in [-0.4, -0.2) is 158 Å². The second-order valence-corrected chi connectivity index (χ2v) is 8.11. The molecule has 16 nitrogen and oxygen atoms in total. The molecule has 34 heavy (non-hydrogen) atoms. The van der Waals surface area contributed by atoms with E-state index in [1.165, 1.54) is 0 Å². The van der Waals surface area contributed by atoms with Crippen LogP contribution in [0.1, 0.15) is 0 Å². The average Bonchev–Trinajstić information content (AvgIpc) is 2.82. The molecular formula is C18H30O16. The van der Waals surface area contributed by atoms with Crippen LogP contribution in [0, 0.1) is 0 Å². The van der Waals surface area contributed by atoms with Gasteiger partial charge in [-0.2, -0.15) is 0 Å². The lowest BCUT2D eigenvalue weighted by Gasteiger charge is -2.47. The lowest BCUT2D eigenvalue weighted by Crippen LogP contribution is -2.66. The third kappa shape index (κ3) is 5.35. The van der Waals surface area contributed by atoms with Crippen molar-refractivity contribution in [3.63, 3.8) is 0 Å². The SMILES string of the molecule is COC(=O)[C@H]1OC(O)[C@H](O[C@@H]2O[C@H](CO)[C@H](O)[C@H](O)[C@H]2O[C@@H]2OC[C@@H](O)[C@H](O)[C@H]2O)[C@@H](O)[C@@H]1O. The minimum Gasteiger partial charge on any atom is -0.467 e. The number of methoxy groups -OCH3 is 1. The molecular weight excluding hydrogens is 472 g/mol. The third-order valence-corrected chi connectivity index (χ3v) is 5.86. The largest absolute Gasteiger partial charge is 0.467 e. The molecule has 1 unspecified atom stereocenters. The minimum atomic E-state index is -2.02. The molecule has 3 aliphatic heterocycles. The van der Waals surface area contributed by atoms with Crippen LogP contribution in [0.25, 0.3) is 0 Å². The summed E-state index contributed by atoms with van der Waals surface area (Å²) in [4.78, 5) is 11.7. The van der Waals surface area contributed by atoms with Crippen molar-refractivity contribution in [2.75, 3.05) is 20.3 Å². The lowest BCUT2D eigenvalue weighted by atomic mass is 9.97. The molecule has 0 amide bonds. The maximum absolute atomic E-state index is 11.7. The highest BCUT2D eigenvalue weighted by Gasteiger charge is 2.54. The van der Waals surface area contributed by atoms with E-state index in [9.17, 15) is 50.8 Å². The molecule has 0 aromatic heterocycles. The Labute approximate surface area is 192 Å². The number of aliphatic hydroxyl groups excluding tert-OH is 9. The molecule has 16 heteroatoms. The maximum Gasteiger partial charge on any atom is 0.337 e. The number of ether oxygens (including phenoxy) is 6. The number of hydrogen-bond donors (Lipinski definition) is 9. The molecule has 9 N–H and O–H groups in total. The van der Waals surface area contributed by atoms with Crippen molar-refractivity contribution in [3.8, 4) is 0 Å². The zero-order valence-electron chi connectivity index (χ0n) is 17.9. The highest BCUT2D eigenvalue weighted by molar-refractivity contribution is 5.75. The van der Waals surface area contributed by atoms with Crippen molar-refractivity contribution >= 4 is 5.97 Å². The van der Waals surface area contributed by atoms with Crippen LogP contribution in [0.15, 0.2) is 0 Å². The van der Waals surface area contributed by atoms with Gasteiger partial charge in [-0.25, -0.2) is 4.79 Å². The van der Waals surface area contributed by atoms with Crippen LogP contribution in [-0.2, 0) is 33.2 Å². The smallest absolute Gasteiger partial charge is 0.337 e. The molecule has 0 saturated carbocycles. The van der Waals surface area contributed by atoms with Gasteiger partial charge in [0.1, 0.15) is 61.0 Å². The Morgan fingerprint density at radius 1 is 0.794 bits per heavy atom. The average molecular weight is 502 g/mol. The molecule has 0 aliphatic carbocycles. The Morgan fingerprint density at radius 2 is 1.41 bits per heavy atom. The summed E-state index contributed by atoms with van der Waals surface area (Å²) in [6, 6.07) is 0. The Kier molecular flexibility index (Phi) is 9.15. The summed E-state index contributed by atoms with van der Waals surface area (Å²) in [5.74, 6) is -1.08. The summed E-state index contributed by atoms with van der Waals surface area (Å²) in [7, 11) is 0.997. The highest BCUT2D eigenvalue weighted by Crippen LogP contribution is 2.31. The van der Waals surface area contributed by atoms with E-state index in [0.717, 1.165) is 7.11 Å². The lowest BCUT2D eigenvalue weighted by molar-refractivity contribution is -0.384. The van der Waals surface area contributed by atoms with Crippen molar-refractivity contribution in [2.45, 2.75) is 86.0 Å². The van der Waals surface area contributed by atoms with Crippen LogP contribution in [0.3, 0.4) is 0 Å². The molecule has 3 rings (SSSR count). The van der Waals surface area contributed by atoms with Crippen LogP contribution in [0.5, 0.6) is 0 Å². The molecule has 0 aromatic carbocycles. The summed E-state index contributed by atoms with van der Waals surface area (Å²) in [5.41, 5.74) is 0. The van der Waals surface area contributed by atoms with Crippen molar-refractivity contribution in [1.29, 1.82) is 0 Å². The van der Waals surface area contributed by atoms with Crippen LogP contribution in [0.2, 0.25) is 0 Å². The van der Waals surface area contributed by atoms with Gasteiger partial charge in [-0.05, 0) is 0 Å². The van der Waals surface area contributed by atoms with E-state index in [1.807, 2.05) is 0 Å². The predicted molar refractivity (Wildman–Crippen MR) is 100 cm³/mol. The second kappa shape index (κ2) is 11.3. The quantitative estimate of drug-likeness (QED) is 0.153. The zero-order chi connectivity index (χ0) is 25.3. The minimum absolute atomic E-state index is 0.449.